The van der Waals surface area contributed by atoms with Gasteiger partial charge in [0.1, 0.15) is 0 Å². The lowest BCUT2D eigenvalue weighted by Gasteiger charge is -2.18. The van der Waals surface area contributed by atoms with Crippen molar-refractivity contribution in [2.24, 2.45) is 0 Å². The lowest BCUT2D eigenvalue weighted by Crippen LogP contribution is -2.32. The highest BCUT2D eigenvalue weighted by Crippen LogP contribution is 2.22. The number of nitriles is 1. The molecule has 1 rings (SSSR count). The highest BCUT2D eigenvalue weighted by Gasteiger charge is 2.36. The predicted octanol–water partition coefficient (Wildman–Crippen LogP) is 2.49. The Kier molecular flexibility index (Phi) is 2.97. The van der Waals surface area contributed by atoms with Gasteiger partial charge in [0.2, 0.25) is 0 Å². The van der Waals surface area contributed by atoms with Gasteiger partial charge in [-0.05, 0) is 5.56 Å². The second-order valence-electron chi connectivity index (χ2n) is 2.64. The molecule has 0 unspecified atom stereocenters. The molecule has 0 aliphatic carbocycles. The summed E-state index contributed by atoms with van der Waals surface area (Å²) in [5, 5.41) is 8.28. The lowest BCUT2D eigenvalue weighted by atomic mass is 10.2. The van der Waals surface area contributed by atoms with E-state index in [-0.39, 0.29) is 4.90 Å². The fourth-order valence-electron chi connectivity index (χ4n) is 0.948. The van der Waals surface area contributed by atoms with E-state index < -0.39 is 12.8 Å². The maximum atomic E-state index is 12.1. The van der Waals surface area contributed by atoms with E-state index >= 15 is 0 Å². The van der Waals surface area contributed by atoms with Gasteiger partial charge in [-0.25, -0.2) is 4.90 Å². The van der Waals surface area contributed by atoms with Crippen LogP contribution >= 0.6 is 0 Å². The number of benzene rings is 1. The Morgan fingerprint density at radius 3 is 2.21 bits per heavy atom. The van der Waals surface area contributed by atoms with Crippen LogP contribution < -0.4 is 0 Å². The smallest absolute Gasteiger partial charge is 0.216 e. The van der Waals surface area contributed by atoms with Crippen LogP contribution in [0.5, 0.6) is 0 Å². The van der Waals surface area contributed by atoms with Crippen LogP contribution in [0.1, 0.15) is 5.56 Å². The Labute approximate surface area is 79.2 Å². The van der Waals surface area contributed by atoms with E-state index in [1.165, 1.54) is 12.1 Å². The predicted molar refractivity (Wildman–Crippen MR) is 43.7 cm³/mol. The van der Waals surface area contributed by atoms with Gasteiger partial charge in [-0.2, -0.15) is 5.26 Å². The summed E-state index contributed by atoms with van der Waals surface area (Å²) < 4.78 is 36.3. The summed E-state index contributed by atoms with van der Waals surface area (Å²) in [6, 6.07) is 8.03. The molecular weight excluding hydrogens is 193 g/mol. The first-order chi connectivity index (χ1) is 6.54. The van der Waals surface area contributed by atoms with Gasteiger partial charge >= 0.3 is 6.30 Å². The molecule has 0 atom stereocenters. The highest BCUT2D eigenvalue weighted by atomic mass is 19.4. The van der Waals surface area contributed by atoms with Crippen molar-refractivity contribution in [3.63, 3.8) is 0 Å². The molecule has 14 heavy (non-hydrogen) atoms. The average Bonchev–Trinajstić information content (AvgIpc) is 2.14. The SMILES string of the molecule is N#CN(Cc1ccccc1)C(F)(F)F. The minimum absolute atomic E-state index is 0.220. The van der Waals surface area contributed by atoms with E-state index in [0.717, 1.165) is 6.19 Å². The third kappa shape index (κ3) is 2.66. The molecule has 0 aromatic heterocycles. The van der Waals surface area contributed by atoms with E-state index in [4.69, 9.17) is 5.26 Å². The molecular formula is C9H7F3N2. The zero-order chi connectivity index (χ0) is 10.6. The average molecular weight is 200 g/mol. The van der Waals surface area contributed by atoms with Gasteiger partial charge in [0, 0.05) is 0 Å². The molecule has 0 aliphatic heterocycles. The molecule has 74 valence electrons. The lowest BCUT2D eigenvalue weighted by molar-refractivity contribution is -0.227. The van der Waals surface area contributed by atoms with Gasteiger partial charge in [-0.1, -0.05) is 30.3 Å². The number of nitrogens with zero attached hydrogens (tertiary/aromatic N) is 2. The van der Waals surface area contributed by atoms with Gasteiger partial charge in [-0.15, -0.1) is 13.2 Å². The third-order valence-electron chi connectivity index (χ3n) is 1.61. The first-order valence-corrected chi connectivity index (χ1v) is 3.82. The third-order valence-corrected chi connectivity index (χ3v) is 1.61. The van der Waals surface area contributed by atoms with Gasteiger partial charge in [0.25, 0.3) is 0 Å². The Balaban J connectivity index is 2.74. The molecule has 0 heterocycles. The zero-order valence-electron chi connectivity index (χ0n) is 7.12. The Morgan fingerprint density at radius 1 is 1.21 bits per heavy atom. The standard InChI is InChI=1S/C9H7F3N2/c10-9(11,12)14(7-13)6-8-4-2-1-3-5-8/h1-5H,6H2. The highest BCUT2D eigenvalue weighted by molar-refractivity contribution is 5.15. The summed E-state index contributed by atoms with van der Waals surface area (Å²) in [5.41, 5.74) is 0.450. The quantitative estimate of drug-likeness (QED) is 0.416. The fraction of sp³-hybridized carbons (Fsp3) is 0.222. The largest absolute Gasteiger partial charge is 0.493 e. The first-order valence-electron chi connectivity index (χ1n) is 3.82. The van der Waals surface area contributed by atoms with Gasteiger partial charge in [0.05, 0.1) is 6.54 Å². The van der Waals surface area contributed by atoms with Gasteiger partial charge in [-0.3, -0.25) is 0 Å². The number of hydrogen-bond acceptors (Lipinski definition) is 2. The van der Waals surface area contributed by atoms with Crippen molar-refractivity contribution in [2.45, 2.75) is 12.8 Å². The van der Waals surface area contributed by atoms with Crippen LogP contribution in [-0.4, -0.2) is 11.2 Å². The number of rotatable bonds is 2. The molecule has 0 radical (unpaired) electrons. The monoisotopic (exact) mass is 200 g/mol. The minimum Gasteiger partial charge on any atom is -0.216 e. The molecule has 0 fully saturated rings. The number of hydrogen-bond donors (Lipinski definition) is 0. The molecule has 0 aliphatic rings. The zero-order valence-corrected chi connectivity index (χ0v) is 7.12. The maximum absolute atomic E-state index is 12.1. The first kappa shape index (κ1) is 10.4. The van der Waals surface area contributed by atoms with Crippen LogP contribution in [0.25, 0.3) is 0 Å². The molecule has 0 spiro atoms. The Bertz CT molecular complexity index is 326. The molecule has 1 aromatic carbocycles. The van der Waals surface area contributed by atoms with Crippen LogP contribution in [0.2, 0.25) is 0 Å². The van der Waals surface area contributed by atoms with Crippen molar-refractivity contribution in [3.05, 3.63) is 35.9 Å². The number of alkyl halides is 3. The van der Waals surface area contributed by atoms with E-state index in [0.29, 0.717) is 5.56 Å². The van der Waals surface area contributed by atoms with E-state index in [1.54, 1.807) is 18.2 Å². The summed E-state index contributed by atoms with van der Waals surface area (Å²) in [5.74, 6) is 0. The van der Waals surface area contributed by atoms with E-state index in [1.807, 2.05) is 0 Å². The molecule has 0 saturated carbocycles. The minimum atomic E-state index is -4.61. The second-order valence-corrected chi connectivity index (χ2v) is 2.64. The number of halogens is 3. The second kappa shape index (κ2) is 4.01. The molecule has 1 aromatic rings. The summed E-state index contributed by atoms with van der Waals surface area (Å²) in [4.78, 5) is -0.220. The molecule has 0 amide bonds. The van der Waals surface area contributed by atoms with Crippen LogP contribution in [0.15, 0.2) is 30.3 Å². The molecule has 0 bridgehead atoms. The normalized spacial score (nSPS) is 10.7. The Hall–Kier alpha value is -1.70. The topological polar surface area (TPSA) is 27.0 Å². The molecule has 2 nitrogen and oxygen atoms in total. The van der Waals surface area contributed by atoms with Crippen molar-refractivity contribution in [1.29, 1.82) is 5.26 Å². The van der Waals surface area contributed by atoms with Crippen LogP contribution in [-0.2, 0) is 6.54 Å². The van der Waals surface area contributed by atoms with Gasteiger partial charge < -0.3 is 0 Å². The van der Waals surface area contributed by atoms with E-state index in [9.17, 15) is 13.2 Å². The Morgan fingerprint density at radius 2 is 1.79 bits per heavy atom. The van der Waals surface area contributed by atoms with Crippen molar-refractivity contribution < 1.29 is 13.2 Å². The van der Waals surface area contributed by atoms with Crippen molar-refractivity contribution >= 4 is 0 Å². The fourth-order valence-corrected chi connectivity index (χ4v) is 0.948. The van der Waals surface area contributed by atoms with Crippen molar-refractivity contribution in [2.75, 3.05) is 0 Å². The van der Waals surface area contributed by atoms with Crippen LogP contribution in [0, 0.1) is 11.5 Å². The maximum Gasteiger partial charge on any atom is 0.493 e. The van der Waals surface area contributed by atoms with Gasteiger partial charge in [0.15, 0.2) is 6.19 Å². The summed E-state index contributed by atoms with van der Waals surface area (Å²) in [6.45, 7) is -0.444. The van der Waals surface area contributed by atoms with Crippen LogP contribution in [0.4, 0.5) is 13.2 Å². The van der Waals surface area contributed by atoms with E-state index in [2.05, 4.69) is 0 Å². The van der Waals surface area contributed by atoms with Crippen molar-refractivity contribution in [3.8, 4) is 6.19 Å². The summed E-state index contributed by atoms with van der Waals surface area (Å²) >= 11 is 0. The van der Waals surface area contributed by atoms with Crippen LogP contribution in [0.3, 0.4) is 0 Å². The molecule has 5 heteroatoms. The molecule has 0 N–H and O–H groups in total. The summed E-state index contributed by atoms with van der Waals surface area (Å²) in [7, 11) is 0. The van der Waals surface area contributed by atoms with Crippen molar-refractivity contribution in [1.82, 2.24) is 4.90 Å². The summed E-state index contributed by atoms with van der Waals surface area (Å²) in [6.07, 6.45) is -3.51. The molecule has 0 saturated heterocycles.